The van der Waals surface area contributed by atoms with Crippen molar-refractivity contribution in [2.75, 3.05) is 0 Å². The van der Waals surface area contributed by atoms with Crippen molar-refractivity contribution < 1.29 is 9.63 Å². The molecule has 0 fully saturated rings. The summed E-state index contributed by atoms with van der Waals surface area (Å²) in [6.45, 7) is 0. The van der Waals surface area contributed by atoms with Crippen LogP contribution in [0.25, 0.3) is 0 Å². The second-order valence-electron chi connectivity index (χ2n) is 7.03. The Kier molecular flexibility index (Phi) is 6.32. The van der Waals surface area contributed by atoms with E-state index in [2.05, 4.69) is 0 Å². The van der Waals surface area contributed by atoms with Crippen LogP contribution in [0.15, 0.2) is 121 Å². The Labute approximate surface area is 183 Å². The molecule has 4 heteroatoms. The molecule has 4 aromatic carbocycles. The van der Waals surface area contributed by atoms with E-state index in [1.165, 1.54) is 0 Å². The van der Waals surface area contributed by atoms with Crippen LogP contribution in [0.5, 0.6) is 0 Å². The van der Waals surface area contributed by atoms with Crippen LogP contribution in [0.4, 0.5) is 0 Å². The van der Waals surface area contributed by atoms with E-state index in [0.29, 0.717) is 0 Å². The quantitative estimate of drug-likeness (QED) is 0.332. The Morgan fingerprint density at radius 3 is 1.13 bits per heavy atom. The number of aliphatic hydroxyl groups is 1. The summed E-state index contributed by atoms with van der Waals surface area (Å²) in [4.78, 5) is 0. The zero-order valence-corrected chi connectivity index (χ0v) is 18.0. The van der Waals surface area contributed by atoms with Gasteiger partial charge in [-0.3, -0.25) is 0 Å². The number of rotatable bonds is 7. The minimum Gasteiger partial charge on any atom is -0.377 e. The van der Waals surface area contributed by atoms with Crippen LogP contribution in [-0.4, -0.2) is 5.11 Å². The van der Waals surface area contributed by atoms with Gasteiger partial charge in [0.15, 0.2) is 11.2 Å². The largest absolute Gasteiger partial charge is 0.377 e. The first-order chi connectivity index (χ1) is 14.7. The molecule has 150 valence electrons. The van der Waals surface area contributed by atoms with Gasteiger partial charge in [-0.2, -0.15) is 0 Å². The Bertz CT molecular complexity index is 978. The van der Waals surface area contributed by atoms with Gasteiger partial charge in [0.25, 0.3) is 0 Å². The topological polar surface area (TPSA) is 29.5 Å². The summed E-state index contributed by atoms with van der Waals surface area (Å²) in [7, 11) is -0.364. The fourth-order valence-electron chi connectivity index (χ4n) is 4.11. The maximum atomic E-state index is 12.7. The molecule has 0 saturated carbocycles. The van der Waals surface area contributed by atoms with E-state index < -0.39 is 11.2 Å². The van der Waals surface area contributed by atoms with Crippen molar-refractivity contribution in [2.45, 2.75) is 11.2 Å². The predicted octanol–water partition coefficient (Wildman–Crippen LogP) is 6.63. The number of benzene rings is 4. The smallest absolute Gasteiger partial charge is 0.161 e. The maximum Gasteiger partial charge on any atom is 0.161 e. The standard InChI is InChI=1S/C26H22ClO2P/c27-30-29-26(23-17-9-3-10-18-23,24-19-11-4-12-20-24)25(28,21-13-5-1-6-14-21)22-15-7-2-8-16-22/h1-20,28,30H. The Hall–Kier alpha value is -2.48. The summed E-state index contributed by atoms with van der Waals surface area (Å²) < 4.78 is 6.42. The highest BCUT2D eigenvalue weighted by Gasteiger charge is 2.56. The minimum absolute atomic E-state index is 0.364. The van der Waals surface area contributed by atoms with Crippen LogP contribution in [0.3, 0.4) is 0 Å². The third-order valence-electron chi connectivity index (χ3n) is 5.44. The fraction of sp³-hybridized carbons (Fsp3) is 0.0769. The SMILES string of the molecule is OC(c1ccccc1)(c1ccccc1)C(OPCl)(c1ccccc1)c1ccccc1. The van der Waals surface area contributed by atoms with E-state index in [1.807, 2.05) is 121 Å². The van der Waals surface area contributed by atoms with E-state index in [9.17, 15) is 5.11 Å². The van der Waals surface area contributed by atoms with Crippen LogP contribution >= 0.6 is 19.4 Å². The van der Waals surface area contributed by atoms with Gasteiger partial charge in [0, 0.05) is 0 Å². The van der Waals surface area contributed by atoms with E-state index in [1.54, 1.807) is 0 Å². The monoisotopic (exact) mass is 432 g/mol. The molecular weight excluding hydrogens is 411 g/mol. The number of halogens is 1. The molecule has 1 N–H and O–H groups in total. The van der Waals surface area contributed by atoms with Gasteiger partial charge in [0.05, 0.1) is 0 Å². The highest BCUT2D eigenvalue weighted by molar-refractivity contribution is 7.64. The first-order valence-electron chi connectivity index (χ1n) is 9.71. The molecule has 1 atom stereocenters. The molecule has 0 bridgehead atoms. The van der Waals surface area contributed by atoms with Gasteiger partial charge in [-0.05, 0) is 22.3 Å². The maximum absolute atomic E-state index is 12.7. The van der Waals surface area contributed by atoms with Crippen LogP contribution in [0.1, 0.15) is 22.3 Å². The van der Waals surface area contributed by atoms with Crippen LogP contribution in [0, 0.1) is 0 Å². The molecule has 4 rings (SSSR count). The molecule has 2 nitrogen and oxygen atoms in total. The van der Waals surface area contributed by atoms with Crippen molar-refractivity contribution in [1.82, 2.24) is 0 Å². The number of hydrogen-bond acceptors (Lipinski definition) is 2. The van der Waals surface area contributed by atoms with Gasteiger partial charge < -0.3 is 9.63 Å². The second kappa shape index (κ2) is 9.12. The van der Waals surface area contributed by atoms with Gasteiger partial charge in [-0.15, -0.1) is 0 Å². The van der Waals surface area contributed by atoms with Crippen molar-refractivity contribution in [3.63, 3.8) is 0 Å². The molecule has 0 spiro atoms. The average molecular weight is 433 g/mol. The minimum atomic E-state index is -1.54. The first kappa shape index (κ1) is 20.8. The Balaban J connectivity index is 2.14. The van der Waals surface area contributed by atoms with Crippen LogP contribution < -0.4 is 0 Å². The van der Waals surface area contributed by atoms with E-state index >= 15 is 0 Å². The lowest BCUT2D eigenvalue weighted by Crippen LogP contribution is -2.51. The lowest BCUT2D eigenvalue weighted by atomic mass is 9.66. The molecule has 4 aromatic rings. The highest BCUT2D eigenvalue weighted by atomic mass is 35.7. The molecule has 0 aliphatic rings. The predicted molar refractivity (Wildman–Crippen MR) is 125 cm³/mol. The van der Waals surface area contributed by atoms with Crippen LogP contribution in [0.2, 0.25) is 0 Å². The lowest BCUT2D eigenvalue weighted by Gasteiger charge is -2.47. The van der Waals surface area contributed by atoms with Gasteiger partial charge in [0.2, 0.25) is 0 Å². The molecule has 0 aliphatic carbocycles. The van der Waals surface area contributed by atoms with Crippen molar-refractivity contribution in [1.29, 1.82) is 0 Å². The molecule has 0 amide bonds. The third-order valence-corrected chi connectivity index (χ3v) is 6.06. The van der Waals surface area contributed by atoms with E-state index in [-0.39, 0.29) is 8.16 Å². The van der Waals surface area contributed by atoms with Gasteiger partial charge in [-0.1, -0.05) is 133 Å². The van der Waals surface area contributed by atoms with Crippen molar-refractivity contribution >= 4 is 19.4 Å². The Morgan fingerprint density at radius 2 is 0.833 bits per heavy atom. The Morgan fingerprint density at radius 1 is 0.533 bits per heavy atom. The van der Waals surface area contributed by atoms with Crippen molar-refractivity contribution in [2.24, 2.45) is 0 Å². The van der Waals surface area contributed by atoms with Gasteiger partial charge in [-0.25, -0.2) is 0 Å². The first-order valence-corrected chi connectivity index (χ1v) is 11.6. The molecule has 0 saturated heterocycles. The highest BCUT2D eigenvalue weighted by Crippen LogP contribution is 2.55. The summed E-state index contributed by atoms with van der Waals surface area (Å²) in [5.41, 5.74) is 0.273. The molecule has 0 aromatic heterocycles. The van der Waals surface area contributed by atoms with Crippen molar-refractivity contribution in [3.8, 4) is 0 Å². The fourth-order valence-corrected chi connectivity index (χ4v) is 4.96. The number of hydrogen-bond donors (Lipinski definition) is 1. The molecule has 0 heterocycles. The normalized spacial score (nSPS) is 12.3. The summed E-state index contributed by atoms with van der Waals surface area (Å²) in [5, 5.41) is 12.7. The summed E-state index contributed by atoms with van der Waals surface area (Å²) in [5.74, 6) is 0. The van der Waals surface area contributed by atoms with Crippen LogP contribution in [-0.2, 0) is 15.7 Å². The van der Waals surface area contributed by atoms with Gasteiger partial charge >= 0.3 is 0 Å². The average Bonchev–Trinajstić information content (AvgIpc) is 2.84. The molecule has 30 heavy (non-hydrogen) atoms. The third kappa shape index (κ3) is 3.47. The molecule has 0 radical (unpaired) electrons. The van der Waals surface area contributed by atoms with E-state index in [0.717, 1.165) is 22.3 Å². The summed E-state index contributed by atoms with van der Waals surface area (Å²) in [6.07, 6.45) is 0. The lowest BCUT2D eigenvalue weighted by molar-refractivity contribution is -0.0876. The molecular formula is C26H22ClO2P. The molecule has 0 aliphatic heterocycles. The second-order valence-corrected chi connectivity index (χ2v) is 7.86. The summed E-state index contributed by atoms with van der Waals surface area (Å²) in [6, 6.07) is 38.9. The van der Waals surface area contributed by atoms with E-state index in [4.69, 9.17) is 15.8 Å². The summed E-state index contributed by atoms with van der Waals surface area (Å²) >= 11 is 6.26. The van der Waals surface area contributed by atoms with Crippen molar-refractivity contribution in [3.05, 3.63) is 144 Å². The van der Waals surface area contributed by atoms with Gasteiger partial charge in [0.1, 0.15) is 8.16 Å². The molecule has 1 unspecified atom stereocenters. The zero-order chi connectivity index (χ0) is 20.9. The zero-order valence-electron chi connectivity index (χ0n) is 16.3.